The number of rotatable bonds is 4. The highest BCUT2D eigenvalue weighted by molar-refractivity contribution is 5.80. The number of piperidine rings is 1. The summed E-state index contributed by atoms with van der Waals surface area (Å²) in [5.41, 5.74) is 3.33. The van der Waals surface area contributed by atoms with Gasteiger partial charge in [-0.15, -0.1) is 0 Å². The molecule has 0 spiro atoms. The number of anilines is 1. The van der Waals surface area contributed by atoms with Gasteiger partial charge >= 0.3 is 0 Å². The van der Waals surface area contributed by atoms with E-state index in [0.29, 0.717) is 12.5 Å². The third-order valence-corrected chi connectivity index (χ3v) is 7.95. The maximum Gasteiger partial charge on any atom is 0.227 e. The first kappa shape index (κ1) is 23.2. The minimum Gasteiger partial charge on any atom is -0.393 e. The van der Waals surface area contributed by atoms with E-state index in [1.165, 1.54) is 5.56 Å². The number of aliphatic hydroxyl groups excluding tert-OH is 1. The van der Waals surface area contributed by atoms with Crippen LogP contribution in [0.5, 0.6) is 0 Å². The first-order valence-corrected chi connectivity index (χ1v) is 12.8. The van der Waals surface area contributed by atoms with E-state index in [-0.39, 0.29) is 35.9 Å². The van der Waals surface area contributed by atoms with E-state index in [1.807, 2.05) is 12.3 Å². The summed E-state index contributed by atoms with van der Waals surface area (Å²) in [7, 11) is 2.15. The monoisotopic (exact) mass is 463 g/mol. The molecule has 2 N–H and O–H groups in total. The van der Waals surface area contributed by atoms with Gasteiger partial charge < -0.3 is 20.2 Å². The van der Waals surface area contributed by atoms with E-state index in [0.717, 1.165) is 62.9 Å². The van der Waals surface area contributed by atoms with Gasteiger partial charge in [-0.3, -0.25) is 4.79 Å². The van der Waals surface area contributed by atoms with Crippen molar-refractivity contribution in [1.82, 2.24) is 19.8 Å². The molecule has 34 heavy (non-hydrogen) atoms. The highest BCUT2D eigenvalue weighted by Crippen LogP contribution is 2.35. The fourth-order valence-corrected chi connectivity index (χ4v) is 6.00. The van der Waals surface area contributed by atoms with Crippen LogP contribution in [0.25, 0.3) is 0 Å². The number of carbonyl (C=O) groups excluding carboxylic acids is 1. The lowest BCUT2D eigenvalue weighted by molar-refractivity contribution is -0.141. The minimum absolute atomic E-state index is 0.00856. The highest BCUT2D eigenvalue weighted by atomic mass is 16.3. The Bertz CT molecular complexity index is 1000. The number of amides is 1. The van der Waals surface area contributed by atoms with Crippen LogP contribution < -0.4 is 5.32 Å². The summed E-state index contributed by atoms with van der Waals surface area (Å²) in [5.74, 6) is 1.07. The second-order valence-corrected chi connectivity index (χ2v) is 10.5. The fourth-order valence-electron chi connectivity index (χ4n) is 6.00. The average Bonchev–Trinajstić information content (AvgIpc) is 2.84. The number of benzene rings is 1. The van der Waals surface area contributed by atoms with Gasteiger partial charge in [0.25, 0.3) is 0 Å². The summed E-state index contributed by atoms with van der Waals surface area (Å²) < 4.78 is 0. The second-order valence-electron chi connectivity index (χ2n) is 10.5. The summed E-state index contributed by atoms with van der Waals surface area (Å²) in [6.45, 7) is 4.53. The molecule has 7 nitrogen and oxygen atoms in total. The van der Waals surface area contributed by atoms with Crippen LogP contribution in [-0.4, -0.2) is 69.1 Å². The van der Waals surface area contributed by atoms with Crippen LogP contribution in [0.1, 0.15) is 61.8 Å². The molecule has 2 aromatic rings. The molecule has 2 fully saturated rings. The summed E-state index contributed by atoms with van der Waals surface area (Å²) in [6.07, 6.45) is 6.99. The Hall–Kier alpha value is -2.51. The van der Waals surface area contributed by atoms with Gasteiger partial charge in [-0.1, -0.05) is 30.3 Å². The van der Waals surface area contributed by atoms with E-state index < -0.39 is 0 Å². The maximum absolute atomic E-state index is 13.9. The van der Waals surface area contributed by atoms with Gasteiger partial charge in [-0.2, -0.15) is 0 Å². The van der Waals surface area contributed by atoms with Crippen molar-refractivity contribution < 1.29 is 9.90 Å². The quantitative estimate of drug-likeness (QED) is 0.725. The van der Waals surface area contributed by atoms with Gasteiger partial charge in [-0.05, 0) is 70.2 Å². The van der Waals surface area contributed by atoms with Gasteiger partial charge in [0.05, 0.1) is 18.3 Å². The Morgan fingerprint density at radius 3 is 2.79 bits per heavy atom. The first-order valence-electron chi connectivity index (χ1n) is 12.8. The molecule has 0 bridgehead atoms. The zero-order valence-electron chi connectivity index (χ0n) is 20.4. The van der Waals surface area contributed by atoms with Crippen LogP contribution in [0.15, 0.2) is 36.5 Å². The predicted octanol–water partition coefficient (Wildman–Crippen LogP) is 3.20. The van der Waals surface area contributed by atoms with Crippen LogP contribution in [0.2, 0.25) is 0 Å². The Labute approximate surface area is 202 Å². The first-order chi connectivity index (χ1) is 16.5. The zero-order chi connectivity index (χ0) is 23.7. The topological polar surface area (TPSA) is 81.6 Å². The molecule has 1 aliphatic carbocycles. The fraction of sp³-hybridized carbons (Fsp3) is 0.593. The summed E-state index contributed by atoms with van der Waals surface area (Å²) in [6, 6.07) is 10.8. The van der Waals surface area contributed by atoms with Crippen molar-refractivity contribution in [2.24, 2.45) is 5.92 Å². The lowest BCUT2D eigenvalue weighted by Crippen LogP contribution is -2.50. The normalized spacial score (nSPS) is 30.0. The molecule has 3 heterocycles. The maximum atomic E-state index is 13.9. The standard InChI is InChI=1S/C27H37N5O2/c1-18-13-20-15-28-27(29-21-9-6-10-22(33)14-21)30-25(20)17-32(18)26(34)23-11-12-31(2)16-24(23)19-7-4-3-5-8-19/h3-5,7-8,15,18,21-24,33H,6,9-14,16-17H2,1-2H3,(H,28,29,30)/t18-,21+,22+,23+,24-/m1/s1. The van der Waals surface area contributed by atoms with Gasteiger partial charge in [-0.25, -0.2) is 9.97 Å². The number of likely N-dealkylation sites (N-methyl/N-ethyl adjacent to an activating group) is 1. The molecule has 182 valence electrons. The Balaban J connectivity index is 1.33. The van der Waals surface area contributed by atoms with E-state index in [2.05, 4.69) is 58.3 Å². The van der Waals surface area contributed by atoms with E-state index in [1.54, 1.807) is 0 Å². The van der Waals surface area contributed by atoms with Crippen molar-refractivity contribution in [3.63, 3.8) is 0 Å². The van der Waals surface area contributed by atoms with E-state index >= 15 is 0 Å². The zero-order valence-corrected chi connectivity index (χ0v) is 20.4. The minimum atomic E-state index is -0.245. The van der Waals surface area contributed by atoms with Crippen molar-refractivity contribution in [2.45, 2.75) is 76.1 Å². The molecule has 3 aliphatic rings. The second kappa shape index (κ2) is 10.0. The number of nitrogens with one attached hydrogen (secondary N) is 1. The van der Waals surface area contributed by atoms with E-state index in [9.17, 15) is 9.90 Å². The molecule has 1 aromatic heterocycles. The van der Waals surface area contributed by atoms with Crippen molar-refractivity contribution >= 4 is 11.9 Å². The number of carbonyl (C=O) groups is 1. The number of aromatic nitrogens is 2. The lowest BCUT2D eigenvalue weighted by Gasteiger charge is -2.42. The van der Waals surface area contributed by atoms with Crippen LogP contribution in [-0.2, 0) is 17.8 Å². The number of aliphatic hydroxyl groups is 1. The number of hydrogen-bond acceptors (Lipinski definition) is 6. The molecule has 2 aliphatic heterocycles. The molecular formula is C27H37N5O2. The van der Waals surface area contributed by atoms with Gasteiger partial charge in [0.2, 0.25) is 11.9 Å². The molecular weight excluding hydrogens is 426 g/mol. The Morgan fingerprint density at radius 2 is 2.00 bits per heavy atom. The molecule has 5 atom stereocenters. The number of fused-ring (bicyclic) bond motifs is 1. The van der Waals surface area contributed by atoms with Crippen LogP contribution in [0, 0.1) is 5.92 Å². The smallest absolute Gasteiger partial charge is 0.227 e. The molecule has 1 amide bonds. The number of likely N-dealkylation sites (tertiary alicyclic amines) is 1. The molecule has 7 heteroatoms. The largest absolute Gasteiger partial charge is 0.393 e. The molecule has 5 rings (SSSR count). The summed E-state index contributed by atoms with van der Waals surface area (Å²) in [5, 5.41) is 13.4. The van der Waals surface area contributed by atoms with E-state index in [4.69, 9.17) is 4.98 Å². The SMILES string of the molecule is C[C@@H]1Cc2cnc(N[C@H]3CCC[C@H](O)C3)nc2CN1C(=O)[C@H]1CCN(C)C[C@@H]1c1ccccc1. The average molecular weight is 464 g/mol. The molecule has 1 aromatic carbocycles. The third-order valence-electron chi connectivity index (χ3n) is 7.95. The lowest BCUT2D eigenvalue weighted by atomic mass is 9.79. The van der Waals surface area contributed by atoms with Gasteiger partial charge in [0, 0.05) is 36.7 Å². The van der Waals surface area contributed by atoms with Crippen molar-refractivity contribution in [2.75, 3.05) is 25.5 Å². The molecule has 0 unspecified atom stereocenters. The van der Waals surface area contributed by atoms with Crippen molar-refractivity contribution in [3.05, 3.63) is 53.3 Å². The highest BCUT2D eigenvalue weighted by Gasteiger charge is 2.39. The van der Waals surface area contributed by atoms with Crippen molar-refractivity contribution in [1.29, 1.82) is 0 Å². The molecule has 1 saturated carbocycles. The third kappa shape index (κ3) is 4.96. The summed E-state index contributed by atoms with van der Waals surface area (Å²) in [4.78, 5) is 27.7. The van der Waals surface area contributed by atoms with Crippen LogP contribution in [0.4, 0.5) is 5.95 Å². The Morgan fingerprint density at radius 1 is 1.18 bits per heavy atom. The Kier molecular flexibility index (Phi) is 6.84. The van der Waals surface area contributed by atoms with Crippen molar-refractivity contribution in [3.8, 4) is 0 Å². The summed E-state index contributed by atoms with van der Waals surface area (Å²) >= 11 is 0. The number of nitrogens with zero attached hydrogens (tertiary/aromatic N) is 4. The van der Waals surface area contributed by atoms with Gasteiger partial charge in [0.15, 0.2) is 0 Å². The van der Waals surface area contributed by atoms with Gasteiger partial charge in [0.1, 0.15) is 0 Å². The molecule has 1 saturated heterocycles. The predicted molar refractivity (Wildman–Crippen MR) is 132 cm³/mol. The van der Waals surface area contributed by atoms with Crippen LogP contribution in [0.3, 0.4) is 0 Å². The molecule has 0 radical (unpaired) electrons. The van der Waals surface area contributed by atoms with Crippen LogP contribution >= 0.6 is 0 Å². The number of hydrogen-bond donors (Lipinski definition) is 2.